The van der Waals surface area contributed by atoms with Crippen LogP contribution in [0.5, 0.6) is 0 Å². The van der Waals surface area contributed by atoms with Gasteiger partial charge in [-0.25, -0.2) is 9.78 Å². The van der Waals surface area contributed by atoms with E-state index in [1.54, 1.807) is 0 Å². The first-order valence-electron chi connectivity index (χ1n) is 3.86. The van der Waals surface area contributed by atoms with Crippen LogP contribution < -0.4 is 0 Å². The predicted molar refractivity (Wildman–Crippen MR) is 46.2 cm³/mol. The smallest absolute Gasteiger partial charge is 0.101 e. The zero-order chi connectivity index (χ0) is 8.91. The molecule has 0 radical (unpaired) electrons. The molecule has 0 spiro atoms. The molecule has 0 saturated heterocycles. The SMILES string of the molecule is CC(C)=CCOOC(C)(C)C. The molecule has 0 aromatic heterocycles. The first-order chi connectivity index (χ1) is 4.92. The van der Waals surface area contributed by atoms with Crippen LogP contribution in [0.3, 0.4) is 0 Å². The Morgan fingerprint density at radius 1 is 1.27 bits per heavy atom. The molecule has 0 rings (SSSR count). The van der Waals surface area contributed by atoms with Crippen molar-refractivity contribution in [2.24, 2.45) is 0 Å². The van der Waals surface area contributed by atoms with Gasteiger partial charge in [0.25, 0.3) is 0 Å². The molecule has 0 saturated carbocycles. The van der Waals surface area contributed by atoms with Crippen molar-refractivity contribution in [1.29, 1.82) is 0 Å². The number of rotatable bonds is 3. The molecule has 2 heteroatoms. The highest BCUT2D eigenvalue weighted by atomic mass is 17.2. The molecule has 0 fully saturated rings. The Morgan fingerprint density at radius 2 is 1.82 bits per heavy atom. The van der Waals surface area contributed by atoms with Crippen LogP contribution in [0.15, 0.2) is 11.6 Å². The summed E-state index contributed by atoms with van der Waals surface area (Å²) in [7, 11) is 0. The normalized spacial score (nSPS) is 11.4. The van der Waals surface area contributed by atoms with Gasteiger partial charge in [-0.1, -0.05) is 11.6 Å². The van der Waals surface area contributed by atoms with E-state index in [1.165, 1.54) is 5.57 Å². The molecular weight excluding hydrogens is 140 g/mol. The molecule has 11 heavy (non-hydrogen) atoms. The second-order valence-electron chi connectivity index (χ2n) is 3.76. The topological polar surface area (TPSA) is 18.5 Å². The van der Waals surface area contributed by atoms with Gasteiger partial charge >= 0.3 is 0 Å². The van der Waals surface area contributed by atoms with Gasteiger partial charge in [0, 0.05) is 0 Å². The number of hydrogen-bond acceptors (Lipinski definition) is 2. The van der Waals surface area contributed by atoms with E-state index < -0.39 is 0 Å². The second-order valence-corrected chi connectivity index (χ2v) is 3.76. The van der Waals surface area contributed by atoms with Gasteiger partial charge in [-0.3, -0.25) is 0 Å². The van der Waals surface area contributed by atoms with Crippen molar-refractivity contribution in [2.75, 3.05) is 6.61 Å². The van der Waals surface area contributed by atoms with Crippen LogP contribution in [0.25, 0.3) is 0 Å². The summed E-state index contributed by atoms with van der Waals surface area (Å²) in [5.74, 6) is 0. The average Bonchev–Trinajstić information content (AvgIpc) is 1.78. The highest BCUT2D eigenvalue weighted by Crippen LogP contribution is 2.06. The molecule has 0 amide bonds. The third kappa shape index (κ3) is 9.66. The predicted octanol–water partition coefficient (Wildman–Crippen LogP) is 2.70. The van der Waals surface area contributed by atoms with Crippen molar-refractivity contribution in [1.82, 2.24) is 0 Å². The summed E-state index contributed by atoms with van der Waals surface area (Å²) in [5, 5.41) is 0. The lowest BCUT2D eigenvalue weighted by atomic mass is 10.2. The van der Waals surface area contributed by atoms with E-state index in [4.69, 9.17) is 9.78 Å². The van der Waals surface area contributed by atoms with Gasteiger partial charge in [0.05, 0.1) is 5.60 Å². The fourth-order valence-electron chi connectivity index (χ4n) is 0.411. The van der Waals surface area contributed by atoms with Gasteiger partial charge in [0.1, 0.15) is 6.61 Å². The zero-order valence-electron chi connectivity index (χ0n) is 8.10. The molecule has 0 aliphatic rings. The molecule has 2 nitrogen and oxygen atoms in total. The molecule has 0 aliphatic carbocycles. The maximum absolute atomic E-state index is 5.04. The summed E-state index contributed by atoms with van der Waals surface area (Å²) in [6.07, 6.45) is 1.98. The van der Waals surface area contributed by atoms with Crippen molar-refractivity contribution in [3.63, 3.8) is 0 Å². The van der Waals surface area contributed by atoms with Crippen LogP contribution in [0.1, 0.15) is 34.6 Å². The minimum atomic E-state index is -0.213. The summed E-state index contributed by atoms with van der Waals surface area (Å²) in [5.41, 5.74) is 1.03. The van der Waals surface area contributed by atoms with E-state index >= 15 is 0 Å². The third-order valence-electron chi connectivity index (χ3n) is 0.869. The molecule has 0 N–H and O–H groups in total. The Hall–Kier alpha value is -0.340. The minimum Gasteiger partial charge on any atom is -0.232 e. The molecule has 0 unspecified atom stereocenters. The molecule has 0 atom stereocenters. The van der Waals surface area contributed by atoms with E-state index in [2.05, 4.69) is 0 Å². The minimum absolute atomic E-state index is 0.213. The Bertz CT molecular complexity index is 127. The Labute approximate surface area is 69.1 Å². The van der Waals surface area contributed by atoms with Crippen molar-refractivity contribution >= 4 is 0 Å². The van der Waals surface area contributed by atoms with E-state index in [0.717, 1.165) is 0 Å². The summed E-state index contributed by atoms with van der Waals surface area (Å²) < 4.78 is 0. The van der Waals surface area contributed by atoms with Crippen LogP contribution in [0, 0.1) is 0 Å². The standard InChI is InChI=1S/C9H18O2/c1-8(2)6-7-10-11-9(3,4)5/h6H,7H2,1-5H3. The van der Waals surface area contributed by atoms with Crippen molar-refractivity contribution in [3.05, 3.63) is 11.6 Å². The van der Waals surface area contributed by atoms with E-state index in [0.29, 0.717) is 6.61 Å². The Morgan fingerprint density at radius 3 is 2.18 bits per heavy atom. The highest BCUT2D eigenvalue weighted by Gasteiger charge is 2.10. The maximum atomic E-state index is 5.04. The number of hydrogen-bond donors (Lipinski definition) is 0. The second kappa shape index (κ2) is 4.52. The van der Waals surface area contributed by atoms with Crippen LogP contribution in [-0.2, 0) is 9.78 Å². The van der Waals surface area contributed by atoms with E-state index in [1.807, 2.05) is 40.7 Å². The monoisotopic (exact) mass is 158 g/mol. The van der Waals surface area contributed by atoms with Gasteiger partial charge in [-0.2, -0.15) is 0 Å². The van der Waals surface area contributed by atoms with E-state index in [-0.39, 0.29) is 5.60 Å². The van der Waals surface area contributed by atoms with Gasteiger partial charge in [-0.05, 0) is 34.6 Å². The van der Waals surface area contributed by atoms with Gasteiger partial charge in [0.2, 0.25) is 0 Å². The average molecular weight is 158 g/mol. The summed E-state index contributed by atoms with van der Waals surface area (Å²) >= 11 is 0. The van der Waals surface area contributed by atoms with Crippen molar-refractivity contribution < 1.29 is 9.78 Å². The number of allylic oxidation sites excluding steroid dienone is 1. The Balaban J connectivity index is 3.36. The van der Waals surface area contributed by atoms with Gasteiger partial charge in [0.15, 0.2) is 0 Å². The van der Waals surface area contributed by atoms with E-state index in [9.17, 15) is 0 Å². The molecule has 0 aromatic rings. The molecular formula is C9H18O2. The molecule has 66 valence electrons. The fraction of sp³-hybridized carbons (Fsp3) is 0.778. The van der Waals surface area contributed by atoms with Gasteiger partial charge in [-0.15, -0.1) is 0 Å². The molecule has 0 bridgehead atoms. The highest BCUT2D eigenvalue weighted by molar-refractivity contribution is 4.92. The summed E-state index contributed by atoms with van der Waals surface area (Å²) in [4.78, 5) is 9.97. The maximum Gasteiger partial charge on any atom is 0.101 e. The van der Waals surface area contributed by atoms with Crippen molar-refractivity contribution in [3.8, 4) is 0 Å². The van der Waals surface area contributed by atoms with Crippen molar-refractivity contribution in [2.45, 2.75) is 40.2 Å². The lowest BCUT2D eigenvalue weighted by Gasteiger charge is -2.16. The Kier molecular flexibility index (Phi) is 4.38. The largest absolute Gasteiger partial charge is 0.232 e. The fourth-order valence-corrected chi connectivity index (χ4v) is 0.411. The van der Waals surface area contributed by atoms with Crippen LogP contribution in [0.4, 0.5) is 0 Å². The zero-order valence-corrected chi connectivity index (χ0v) is 8.10. The first kappa shape index (κ1) is 10.7. The summed E-state index contributed by atoms with van der Waals surface area (Å²) in [6, 6.07) is 0. The lowest BCUT2D eigenvalue weighted by Crippen LogP contribution is -2.19. The molecule has 0 heterocycles. The third-order valence-corrected chi connectivity index (χ3v) is 0.869. The lowest BCUT2D eigenvalue weighted by molar-refractivity contribution is -0.341. The van der Waals surface area contributed by atoms with Crippen LogP contribution >= 0.6 is 0 Å². The summed E-state index contributed by atoms with van der Waals surface area (Å²) in [6.45, 7) is 10.4. The van der Waals surface area contributed by atoms with Crippen LogP contribution in [-0.4, -0.2) is 12.2 Å². The first-order valence-corrected chi connectivity index (χ1v) is 3.86. The van der Waals surface area contributed by atoms with Gasteiger partial charge < -0.3 is 0 Å². The molecule has 0 aliphatic heterocycles. The van der Waals surface area contributed by atoms with Crippen LogP contribution in [0.2, 0.25) is 0 Å². The quantitative estimate of drug-likeness (QED) is 0.272. The molecule has 0 aromatic carbocycles.